The number of benzene rings is 1. The minimum absolute atomic E-state index is 0.184. The zero-order valence-corrected chi connectivity index (χ0v) is 16.2. The fourth-order valence-corrected chi connectivity index (χ4v) is 4.41. The minimum atomic E-state index is -0.849. The first-order chi connectivity index (χ1) is 12.2. The van der Waals surface area contributed by atoms with Crippen LogP contribution in [0.15, 0.2) is 12.1 Å². The van der Waals surface area contributed by atoms with Crippen molar-refractivity contribution in [1.29, 1.82) is 0 Å². The highest BCUT2D eigenvalue weighted by molar-refractivity contribution is 6.03. The van der Waals surface area contributed by atoms with Crippen molar-refractivity contribution < 1.29 is 14.0 Å². The van der Waals surface area contributed by atoms with Crippen molar-refractivity contribution in [3.05, 3.63) is 34.6 Å². The maximum Gasteiger partial charge on any atom is 0.236 e. The monoisotopic (exact) mass is 360 g/mol. The van der Waals surface area contributed by atoms with Gasteiger partial charge in [-0.05, 0) is 82.7 Å². The van der Waals surface area contributed by atoms with Gasteiger partial charge in [-0.3, -0.25) is 14.9 Å². The van der Waals surface area contributed by atoms with Crippen molar-refractivity contribution in [2.24, 2.45) is 0 Å². The first-order valence-electron chi connectivity index (χ1n) is 9.62. The molecule has 0 bridgehead atoms. The molecule has 0 spiro atoms. The molecule has 0 saturated carbocycles. The average molecular weight is 360 g/mol. The van der Waals surface area contributed by atoms with E-state index in [0.29, 0.717) is 30.0 Å². The normalized spacial score (nSPS) is 25.6. The Morgan fingerprint density at radius 2 is 1.88 bits per heavy atom. The van der Waals surface area contributed by atoms with Crippen LogP contribution in [0.5, 0.6) is 0 Å². The maximum absolute atomic E-state index is 15.2. The Morgan fingerprint density at radius 1 is 1.23 bits per heavy atom. The van der Waals surface area contributed by atoms with Gasteiger partial charge in [-0.2, -0.15) is 0 Å². The molecule has 2 heterocycles. The molecule has 1 atom stereocenters. The molecule has 1 aromatic rings. The Labute approximate surface area is 155 Å². The largest absolute Gasteiger partial charge is 0.301 e. The number of carbonyl (C=O) groups is 2. The van der Waals surface area contributed by atoms with E-state index in [1.165, 1.54) is 0 Å². The molecule has 2 fully saturated rings. The summed E-state index contributed by atoms with van der Waals surface area (Å²) in [5, 5.41) is 2.40. The number of nitrogens with one attached hydrogen (secondary N) is 1. The lowest BCUT2D eigenvalue weighted by Crippen LogP contribution is -2.50. The van der Waals surface area contributed by atoms with Crippen molar-refractivity contribution in [3.8, 4) is 0 Å². The van der Waals surface area contributed by atoms with E-state index in [4.69, 9.17) is 0 Å². The SMILES string of the molecule is Cc1c([C@@]2(C)CCC(=O)NC2=O)ccc(C2CCN(C(C)C)CC2)c1F. The minimum Gasteiger partial charge on any atom is -0.301 e. The summed E-state index contributed by atoms with van der Waals surface area (Å²) in [5.74, 6) is -0.530. The van der Waals surface area contributed by atoms with Crippen LogP contribution in [-0.4, -0.2) is 35.8 Å². The summed E-state index contributed by atoms with van der Waals surface area (Å²) in [6.07, 6.45) is 2.63. The molecule has 5 heteroatoms. The summed E-state index contributed by atoms with van der Waals surface area (Å²) < 4.78 is 15.2. The zero-order valence-electron chi connectivity index (χ0n) is 16.2. The number of hydrogen-bond donors (Lipinski definition) is 1. The van der Waals surface area contributed by atoms with Gasteiger partial charge < -0.3 is 4.90 Å². The highest BCUT2D eigenvalue weighted by Gasteiger charge is 2.41. The molecular formula is C21H29FN2O2. The number of imide groups is 1. The number of piperidine rings is 2. The van der Waals surface area contributed by atoms with Crippen molar-refractivity contribution in [3.63, 3.8) is 0 Å². The quantitative estimate of drug-likeness (QED) is 0.841. The van der Waals surface area contributed by atoms with Gasteiger partial charge in [0, 0.05) is 12.5 Å². The maximum atomic E-state index is 15.2. The van der Waals surface area contributed by atoms with E-state index in [2.05, 4.69) is 24.1 Å². The van der Waals surface area contributed by atoms with Crippen LogP contribution in [0.3, 0.4) is 0 Å². The molecule has 0 aromatic heterocycles. The van der Waals surface area contributed by atoms with Gasteiger partial charge in [-0.1, -0.05) is 12.1 Å². The third kappa shape index (κ3) is 3.29. The topological polar surface area (TPSA) is 49.4 Å². The zero-order chi connectivity index (χ0) is 19.1. The lowest BCUT2D eigenvalue weighted by Gasteiger charge is -2.36. The predicted octanol–water partition coefficient (Wildman–Crippen LogP) is 3.42. The lowest BCUT2D eigenvalue weighted by atomic mass is 9.73. The molecule has 2 aliphatic rings. The number of hydrogen-bond acceptors (Lipinski definition) is 3. The van der Waals surface area contributed by atoms with Crippen molar-refractivity contribution in [2.75, 3.05) is 13.1 Å². The number of halogens is 1. The standard InChI is InChI=1S/C21H29FN2O2/c1-13(2)24-11-8-15(9-12-24)16-5-6-17(14(3)19(16)22)21(4)10-7-18(25)23-20(21)26/h5-6,13,15H,7-12H2,1-4H3,(H,23,25,26)/t21-/m1/s1. The number of rotatable bonds is 3. The molecule has 0 unspecified atom stereocenters. The van der Waals surface area contributed by atoms with E-state index in [0.717, 1.165) is 31.5 Å². The molecule has 0 aliphatic carbocycles. The van der Waals surface area contributed by atoms with Crippen LogP contribution in [0.2, 0.25) is 0 Å². The number of likely N-dealkylation sites (tertiary alicyclic amines) is 1. The summed E-state index contributed by atoms with van der Waals surface area (Å²) in [4.78, 5) is 26.3. The highest BCUT2D eigenvalue weighted by Crippen LogP contribution is 2.38. The fourth-order valence-electron chi connectivity index (χ4n) is 4.41. The highest BCUT2D eigenvalue weighted by atomic mass is 19.1. The fraction of sp³-hybridized carbons (Fsp3) is 0.619. The summed E-state index contributed by atoms with van der Waals surface area (Å²) >= 11 is 0. The van der Waals surface area contributed by atoms with E-state index < -0.39 is 5.41 Å². The van der Waals surface area contributed by atoms with Crippen LogP contribution in [0.1, 0.15) is 69.1 Å². The second-order valence-corrected chi connectivity index (χ2v) is 8.25. The van der Waals surface area contributed by atoms with Crippen molar-refractivity contribution in [2.45, 2.75) is 70.8 Å². The third-order valence-corrected chi connectivity index (χ3v) is 6.32. The van der Waals surface area contributed by atoms with Gasteiger partial charge in [0.1, 0.15) is 5.82 Å². The van der Waals surface area contributed by atoms with Crippen molar-refractivity contribution in [1.82, 2.24) is 10.2 Å². The van der Waals surface area contributed by atoms with Gasteiger partial charge in [0.25, 0.3) is 0 Å². The van der Waals surface area contributed by atoms with Crippen LogP contribution in [0, 0.1) is 12.7 Å². The van der Waals surface area contributed by atoms with Gasteiger partial charge in [-0.25, -0.2) is 4.39 Å². The van der Waals surface area contributed by atoms with E-state index in [1.807, 2.05) is 12.1 Å². The first-order valence-corrected chi connectivity index (χ1v) is 9.62. The van der Waals surface area contributed by atoms with E-state index in [1.54, 1.807) is 13.8 Å². The molecular weight excluding hydrogens is 331 g/mol. The molecule has 3 rings (SSSR count). The molecule has 26 heavy (non-hydrogen) atoms. The molecule has 1 aromatic carbocycles. The Hall–Kier alpha value is -1.75. The Kier molecular flexibility index (Phi) is 5.20. The van der Waals surface area contributed by atoms with Gasteiger partial charge in [0.05, 0.1) is 5.41 Å². The van der Waals surface area contributed by atoms with Gasteiger partial charge in [-0.15, -0.1) is 0 Å². The first kappa shape index (κ1) is 19.0. The van der Waals surface area contributed by atoms with Crippen LogP contribution >= 0.6 is 0 Å². The lowest BCUT2D eigenvalue weighted by molar-refractivity contribution is -0.137. The average Bonchev–Trinajstić information content (AvgIpc) is 2.61. The molecule has 142 valence electrons. The van der Waals surface area contributed by atoms with E-state index >= 15 is 4.39 Å². The molecule has 2 amide bonds. The van der Waals surface area contributed by atoms with E-state index in [9.17, 15) is 9.59 Å². The number of amides is 2. The smallest absolute Gasteiger partial charge is 0.236 e. The molecule has 2 saturated heterocycles. The Balaban J connectivity index is 1.86. The molecule has 2 aliphatic heterocycles. The summed E-state index contributed by atoms with van der Waals surface area (Å²) in [6, 6.07) is 4.29. The molecule has 0 radical (unpaired) electrons. The molecule has 4 nitrogen and oxygen atoms in total. The number of nitrogens with zero attached hydrogens (tertiary/aromatic N) is 1. The van der Waals surface area contributed by atoms with E-state index in [-0.39, 0.29) is 23.5 Å². The number of carbonyl (C=O) groups excluding carboxylic acids is 2. The molecule has 1 N–H and O–H groups in total. The van der Waals surface area contributed by atoms with Crippen LogP contribution < -0.4 is 5.32 Å². The summed E-state index contributed by atoms with van der Waals surface area (Å²) in [7, 11) is 0. The summed E-state index contributed by atoms with van der Waals surface area (Å²) in [6.45, 7) is 9.93. The van der Waals surface area contributed by atoms with Crippen LogP contribution in [-0.2, 0) is 15.0 Å². The van der Waals surface area contributed by atoms with Gasteiger partial charge >= 0.3 is 0 Å². The Bertz CT molecular complexity index is 723. The van der Waals surface area contributed by atoms with Gasteiger partial charge in [0.2, 0.25) is 11.8 Å². The predicted molar refractivity (Wildman–Crippen MR) is 99.6 cm³/mol. The third-order valence-electron chi connectivity index (χ3n) is 6.32. The second kappa shape index (κ2) is 7.10. The van der Waals surface area contributed by atoms with Gasteiger partial charge in [0.15, 0.2) is 0 Å². The van der Waals surface area contributed by atoms with Crippen molar-refractivity contribution >= 4 is 11.8 Å². The summed E-state index contributed by atoms with van der Waals surface area (Å²) in [5.41, 5.74) is 1.16. The second-order valence-electron chi connectivity index (χ2n) is 8.25. The Morgan fingerprint density at radius 3 is 2.46 bits per heavy atom. The van der Waals surface area contributed by atoms with Crippen LogP contribution in [0.4, 0.5) is 4.39 Å². The van der Waals surface area contributed by atoms with Crippen LogP contribution in [0.25, 0.3) is 0 Å².